The monoisotopic (exact) mass is 742 g/mol. The lowest BCUT2D eigenvalue weighted by atomic mass is 10.0. The lowest BCUT2D eigenvalue weighted by molar-refractivity contribution is 0.667. The summed E-state index contributed by atoms with van der Waals surface area (Å²) >= 11 is 0. The second-order valence-corrected chi connectivity index (χ2v) is 15.0. The van der Waals surface area contributed by atoms with E-state index in [-0.39, 0.29) is 0 Å². The summed E-state index contributed by atoms with van der Waals surface area (Å²) in [7, 11) is 0. The number of aromatic nitrogens is 4. The van der Waals surface area contributed by atoms with Gasteiger partial charge >= 0.3 is 0 Å². The van der Waals surface area contributed by atoms with Gasteiger partial charge in [0.1, 0.15) is 22.2 Å². The molecule has 0 saturated carbocycles. The standard InChI is InChI=1S/C52H30N4O2/c1-3-12-43-37(10-1)39-27-32(16-20-45(39)55(43)35-9-5-8-31(26-35)34-18-22-47-41(29-34)51-49(57-47)14-6-24-53-51)33-17-21-46-40(28-33)38-11-2-4-13-44(38)56(46)36-19-23-48-42(30-36)52-50(58-48)15-7-25-54-52/h1-30H. The fourth-order valence-electron chi connectivity index (χ4n) is 9.19. The molecule has 0 unspecified atom stereocenters. The van der Waals surface area contributed by atoms with Gasteiger partial charge in [0, 0.05) is 56.1 Å². The first-order chi connectivity index (χ1) is 28.7. The molecule has 0 saturated heterocycles. The summed E-state index contributed by atoms with van der Waals surface area (Å²) in [5.41, 5.74) is 16.5. The van der Waals surface area contributed by atoms with Crippen LogP contribution in [-0.4, -0.2) is 19.1 Å². The maximum absolute atomic E-state index is 6.12. The number of para-hydroxylation sites is 2. The number of hydrogen-bond donors (Lipinski definition) is 0. The third kappa shape index (κ3) is 4.48. The molecule has 13 rings (SSSR count). The van der Waals surface area contributed by atoms with E-state index >= 15 is 0 Å². The third-order valence-electron chi connectivity index (χ3n) is 11.8. The summed E-state index contributed by atoms with van der Waals surface area (Å²) in [5, 5.41) is 6.89. The van der Waals surface area contributed by atoms with Gasteiger partial charge in [-0.3, -0.25) is 9.97 Å². The number of rotatable bonds is 4. The smallest absolute Gasteiger partial charge is 0.153 e. The van der Waals surface area contributed by atoms with Gasteiger partial charge in [-0.25, -0.2) is 0 Å². The molecule has 0 aliphatic heterocycles. The Kier molecular flexibility index (Phi) is 6.35. The van der Waals surface area contributed by atoms with Gasteiger partial charge < -0.3 is 18.0 Å². The molecule has 0 atom stereocenters. The molecule has 0 fully saturated rings. The molecule has 58 heavy (non-hydrogen) atoms. The molecule has 0 radical (unpaired) electrons. The number of fused-ring (bicyclic) bond motifs is 12. The molecule has 6 heterocycles. The van der Waals surface area contributed by atoms with E-state index < -0.39 is 0 Å². The van der Waals surface area contributed by atoms with Gasteiger partial charge in [-0.15, -0.1) is 0 Å². The van der Waals surface area contributed by atoms with Gasteiger partial charge in [-0.2, -0.15) is 0 Å². The molecule has 0 aliphatic carbocycles. The fourth-order valence-corrected chi connectivity index (χ4v) is 9.19. The van der Waals surface area contributed by atoms with Crippen molar-refractivity contribution in [2.24, 2.45) is 0 Å². The lowest BCUT2D eigenvalue weighted by Gasteiger charge is -2.11. The van der Waals surface area contributed by atoms with Gasteiger partial charge in [0.15, 0.2) is 11.2 Å². The van der Waals surface area contributed by atoms with Crippen LogP contribution in [-0.2, 0) is 0 Å². The zero-order valence-corrected chi connectivity index (χ0v) is 30.9. The van der Waals surface area contributed by atoms with Crippen LogP contribution < -0.4 is 0 Å². The third-order valence-corrected chi connectivity index (χ3v) is 11.8. The summed E-state index contributed by atoms with van der Waals surface area (Å²) in [5.74, 6) is 0. The topological polar surface area (TPSA) is 61.9 Å². The van der Waals surface area contributed by atoms with E-state index in [9.17, 15) is 0 Å². The van der Waals surface area contributed by atoms with Gasteiger partial charge in [-0.1, -0.05) is 66.7 Å². The Morgan fingerprint density at radius 2 is 0.793 bits per heavy atom. The molecule has 6 aromatic heterocycles. The van der Waals surface area contributed by atoms with Crippen molar-refractivity contribution in [2.45, 2.75) is 0 Å². The van der Waals surface area contributed by atoms with Crippen molar-refractivity contribution in [1.82, 2.24) is 19.1 Å². The maximum Gasteiger partial charge on any atom is 0.153 e. The van der Waals surface area contributed by atoms with E-state index in [1.54, 1.807) is 0 Å². The zero-order valence-electron chi connectivity index (χ0n) is 30.9. The second-order valence-electron chi connectivity index (χ2n) is 15.0. The van der Waals surface area contributed by atoms with Crippen LogP contribution in [0.3, 0.4) is 0 Å². The van der Waals surface area contributed by atoms with E-state index in [1.165, 1.54) is 38.2 Å². The minimum Gasteiger partial charge on any atom is -0.454 e. The SMILES string of the molecule is c1cc(-c2ccc3oc4cccnc4c3c2)cc(-n2c3ccccc3c3cc(-c4ccc5c(c4)c4ccccc4n5-c4ccc5oc6cccnc6c5c4)ccc32)c1. The predicted octanol–water partition coefficient (Wildman–Crippen LogP) is 13.8. The molecule has 7 aromatic carbocycles. The minimum atomic E-state index is 0.797. The Balaban J connectivity index is 0.941. The van der Waals surface area contributed by atoms with Crippen molar-refractivity contribution < 1.29 is 8.83 Å². The molecular formula is C52H30N4O2. The zero-order chi connectivity index (χ0) is 37.9. The van der Waals surface area contributed by atoms with E-state index in [4.69, 9.17) is 8.83 Å². The highest BCUT2D eigenvalue weighted by molar-refractivity contribution is 6.13. The predicted molar refractivity (Wildman–Crippen MR) is 236 cm³/mol. The summed E-state index contributed by atoms with van der Waals surface area (Å²) in [6.45, 7) is 0. The molecule has 270 valence electrons. The largest absolute Gasteiger partial charge is 0.454 e. The highest BCUT2D eigenvalue weighted by atomic mass is 16.3. The van der Waals surface area contributed by atoms with Crippen LogP contribution in [0, 0.1) is 0 Å². The van der Waals surface area contributed by atoms with Gasteiger partial charge in [0.05, 0.1) is 22.1 Å². The second kappa shape index (κ2) is 11.8. The first kappa shape index (κ1) is 31.3. The highest BCUT2D eigenvalue weighted by Crippen LogP contribution is 2.40. The Hall–Kier alpha value is -7.96. The Labute approximate surface area is 330 Å². The van der Waals surface area contributed by atoms with Crippen LogP contribution in [0.2, 0.25) is 0 Å². The first-order valence-electron chi connectivity index (χ1n) is 19.5. The van der Waals surface area contributed by atoms with Crippen LogP contribution in [0.5, 0.6) is 0 Å². The van der Waals surface area contributed by atoms with E-state index in [0.29, 0.717) is 0 Å². The van der Waals surface area contributed by atoms with E-state index in [2.05, 4.69) is 165 Å². The average molecular weight is 743 g/mol. The van der Waals surface area contributed by atoms with Crippen LogP contribution in [0.15, 0.2) is 191 Å². The van der Waals surface area contributed by atoms with E-state index in [1.807, 2.05) is 36.7 Å². The van der Waals surface area contributed by atoms with Crippen molar-refractivity contribution >= 4 is 87.7 Å². The van der Waals surface area contributed by atoms with E-state index in [0.717, 1.165) is 83.2 Å². The minimum absolute atomic E-state index is 0.797. The van der Waals surface area contributed by atoms with Crippen molar-refractivity contribution in [3.8, 4) is 33.6 Å². The molecule has 13 aromatic rings. The molecule has 0 N–H and O–H groups in total. The number of benzene rings is 7. The van der Waals surface area contributed by atoms with Crippen LogP contribution >= 0.6 is 0 Å². The summed E-state index contributed by atoms with van der Waals surface area (Å²) in [6.07, 6.45) is 3.64. The molecular weight excluding hydrogens is 713 g/mol. The number of nitrogens with zero attached hydrogens (tertiary/aromatic N) is 4. The number of furan rings is 2. The number of pyridine rings is 2. The Morgan fingerprint density at radius 3 is 1.41 bits per heavy atom. The molecule has 0 amide bonds. The first-order valence-corrected chi connectivity index (χ1v) is 19.5. The lowest BCUT2D eigenvalue weighted by Crippen LogP contribution is -1.94. The van der Waals surface area contributed by atoms with Crippen molar-refractivity contribution in [2.75, 3.05) is 0 Å². The highest BCUT2D eigenvalue weighted by Gasteiger charge is 2.18. The molecule has 0 spiro atoms. The maximum atomic E-state index is 6.12. The van der Waals surface area contributed by atoms with Crippen LogP contribution in [0.4, 0.5) is 0 Å². The average Bonchev–Trinajstić information content (AvgIpc) is 4.03. The summed E-state index contributed by atoms with van der Waals surface area (Å²) < 4.78 is 16.9. The number of hydrogen-bond acceptors (Lipinski definition) is 4. The summed E-state index contributed by atoms with van der Waals surface area (Å²) in [4.78, 5) is 9.26. The van der Waals surface area contributed by atoms with Gasteiger partial charge in [-0.05, 0) is 125 Å². The Morgan fingerprint density at radius 1 is 0.310 bits per heavy atom. The van der Waals surface area contributed by atoms with Gasteiger partial charge in [0.25, 0.3) is 0 Å². The Bertz CT molecular complexity index is 3820. The van der Waals surface area contributed by atoms with Crippen molar-refractivity contribution in [3.05, 3.63) is 182 Å². The molecule has 6 nitrogen and oxygen atoms in total. The molecule has 0 aliphatic rings. The van der Waals surface area contributed by atoms with Gasteiger partial charge in [0.2, 0.25) is 0 Å². The fraction of sp³-hybridized carbons (Fsp3) is 0. The normalized spacial score (nSPS) is 12.1. The van der Waals surface area contributed by atoms with Crippen LogP contribution in [0.1, 0.15) is 0 Å². The summed E-state index contributed by atoms with van der Waals surface area (Å²) in [6, 6.07) is 60.5. The molecule has 0 bridgehead atoms. The van der Waals surface area contributed by atoms with Crippen molar-refractivity contribution in [1.29, 1.82) is 0 Å². The van der Waals surface area contributed by atoms with Crippen LogP contribution in [0.25, 0.3) is 121 Å². The molecule has 6 heteroatoms. The quantitative estimate of drug-likeness (QED) is 0.180. The van der Waals surface area contributed by atoms with Crippen molar-refractivity contribution in [3.63, 3.8) is 0 Å².